The topological polar surface area (TPSA) is 105 Å². The van der Waals surface area contributed by atoms with Crippen molar-refractivity contribution in [2.45, 2.75) is 328 Å². The third kappa shape index (κ3) is 70.2. The van der Waals surface area contributed by atoms with Crippen molar-refractivity contribution in [1.29, 1.82) is 0 Å². The van der Waals surface area contributed by atoms with Gasteiger partial charge in [-0.2, -0.15) is 0 Å². The Bertz CT molecular complexity index is 1840. The Morgan fingerprint density at radius 2 is 0.690 bits per heavy atom. The maximum absolute atomic E-state index is 13.1. The van der Waals surface area contributed by atoms with Crippen LogP contribution in [0.25, 0.3) is 0 Å². The zero-order valence-corrected chi connectivity index (χ0v) is 58.4. The van der Waals surface area contributed by atoms with E-state index in [0.717, 1.165) is 96.3 Å². The van der Waals surface area contributed by atoms with Crippen molar-refractivity contribution in [3.8, 4) is 0 Å². The van der Waals surface area contributed by atoms with E-state index in [4.69, 9.17) is 9.05 Å². The summed E-state index contributed by atoms with van der Waals surface area (Å²) in [6.07, 6.45) is 101. The van der Waals surface area contributed by atoms with Crippen molar-refractivity contribution >= 4 is 13.7 Å². The minimum atomic E-state index is -4.36. The summed E-state index contributed by atoms with van der Waals surface area (Å²) in [5, 5.41) is 14.0. The number of carbonyl (C=O) groups excluding carboxylic acids is 1. The second-order valence-corrected chi connectivity index (χ2v) is 27.0. The molecule has 1 amide bonds. The third-order valence-corrected chi connectivity index (χ3v) is 16.9. The predicted molar refractivity (Wildman–Crippen MR) is 382 cm³/mol. The van der Waals surface area contributed by atoms with Crippen LogP contribution in [0, 0.1) is 0 Å². The summed E-state index contributed by atoms with van der Waals surface area (Å²) < 4.78 is 23.8. The Labute approximate surface area is 539 Å². The van der Waals surface area contributed by atoms with Gasteiger partial charge >= 0.3 is 7.82 Å². The predicted octanol–water partition coefficient (Wildman–Crippen LogP) is 23.6. The zero-order valence-electron chi connectivity index (χ0n) is 57.5. The minimum Gasteiger partial charge on any atom is -0.387 e. The van der Waals surface area contributed by atoms with Crippen LogP contribution in [0.15, 0.2) is 122 Å². The molecule has 0 saturated carbocycles. The summed E-state index contributed by atoms with van der Waals surface area (Å²) in [6, 6.07) is -0.855. The molecule has 0 aliphatic heterocycles. The molecule has 0 heterocycles. The van der Waals surface area contributed by atoms with Crippen molar-refractivity contribution in [1.82, 2.24) is 5.32 Å². The second kappa shape index (κ2) is 67.3. The molecule has 0 aromatic heterocycles. The first kappa shape index (κ1) is 83.9. The molecule has 3 unspecified atom stereocenters. The molecule has 0 bridgehead atoms. The van der Waals surface area contributed by atoms with Crippen molar-refractivity contribution in [2.75, 3.05) is 40.9 Å². The Morgan fingerprint density at radius 1 is 0.402 bits per heavy atom. The molecule has 0 fully saturated rings. The first-order chi connectivity index (χ1) is 42.5. The molecule has 9 heteroatoms. The SMILES string of the molecule is CC/C=C\C/C=C\C/C=C\C/C=C\C/C=C\C/C=C\C/C=C\C/C=C\C/C=C\CCCCCCCCCCCCCCCC(=O)NC(COP(=O)(O)OCC[N+](C)(C)C)C(O)/C=C/CCCCCCCCCCCCCCCCCCCCCCCC. The number of unbranched alkanes of at least 4 members (excludes halogenated alkanes) is 35. The number of aliphatic hydroxyl groups excluding tert-OH is 1. The summed E-state index contributed by atoms with van der Waals surface area (Å²) >= 11 is 0. The van der Waals surface area contributed by atoms with Crippen molar-refractivity contribution in [3.05, 3.63) is 122 Å². The molecule has 0 aromatic rings. The smallest absolute Gasteiger partial charge is 0.387 e. The first-order valence-electron chi connectivity index (χ1n) is 36.4. The van der Waals surface area contributed by atoms with Gasteiger partial charge in [-0.15, -0.1) is 0 Å². The van der Waals surface area contributed by atoms with Crippen LogP contribution in [0.4, 0.5) is 0 Å². The minimum absolute atomic E-state index is 0.0578. The molecule has 3 N–H and O–H groups in total. The lowest BCUT2D eigenvalue weighted by Crippen LogP contribution is -2.45. The van der Waals surface area contributed by atoms with E-state index in [2.05, 4.69) is 129 Å². The van der Waals surface area contributed by atoms with Gasteiger partial charge in [0.15, 0.2) is 0 Å². The number of rotatable bonds is 66. The Balaban J connectivity index is 4.06. The molecule has 0 aliphatic rings. The summed E-state index contributed by atoms with van der Waals surface area (Å²) in [4.78, 5) is 23.4. The van der Waals surface area contributed by atoms with Crippen LogP contribution in [0.2, 0.25) is 0 Å². The van der Waals surface area contributed by atoms with Gasteiger partial charge in [-0.25, -0.2) is 4.57 Å². The van der Waals surface area contributed by atoms with E-state index in [1.165, 1.54) is 199 Å². The number of nitrogens with zero attached hydrogens (tertiary/aromatic N) is 1. The molecular formula is C78H140N2O6P+. The number of phosphoric ester groups is 1. The number of allylic oxidation sites excluding steroid dienone is 19. The van der Waals surface area contributed by atoms with Crippen molar-refractivity contribution < 1.29 is 32.9 Å². The van der Waals surface area contributed by atoms with E-state index in [1.54, 1.807) is 6.08 Å². The van der Waals surface area contributed by atoms with E-state index in [-0.39, 0.29) is 19.1 Å². The highest BCUT2D eigenvalue weighted by Gasteiger charge is 2.28. The lowest BCUT2D eigenvalue weighted by atomic mass is 10.0. The largest absolute Gasteiger partial charge is 0.472 e. The van der Waals surface area contributed by atoms with Crippen LogP contribution in [0.1, 0.15) is 316 Å². The number of aliphatic hydroxyl groups is 1. The van der Waals surface area contributed by atoms with Crippen LogP contribution in [0.3, 0.4) is 0 Å². The fourth-order valence-corrected chi connectivity index (χ4v) is 11.1. The highest BCUT2D eigenvalue weighted by Crippen LogP contribution is 2.43. The van der Waals surface area contributed by atoms with E-state index < -0.39 is 20.0 Å². The van der Waals surface area contributed by atoms with Crippen molar-refractivity contribution in [2.24, 2.45) is 0 Å². The van der Waals surface area contributed by atoms with E-state index in [0.29, 0.717) is 17.4 Å². The standard InChI is InChI=1S/C78H139N2O6P/c1-6-8-10-12-14-16-18-20-22-24-26-28-30-32-33-34-35-36-37-38-39-40-41-42-43-44-45-46-47-48-50-52-54-56-58-60-62-64-66-68-70-72-78(82)79-76(75-86-87(83,84)85-74-73-80(3,4)5)77(81)71-69-67-65-63-61-59-57-55-53-51-49-31-29-27-25-23-21-19-17-15-13-11-9-7-2/h8,10,14,16,20,22,26,28,32-33,35-36,38-39,41-42,44-45,69,71,76-77,81H,6-7,9,11-13,15,17-19,21,23-25,27,29-31,34,37,40,43,46-68,70,72-75H2,1-5H3,(H-,79,82,83,84)/p+1/b10-8-,16-14-,22-20-,28-26-,33-32-,36-35-,39-38-,42-41-,45-44-,71-69+. The number of nitrogens with one attached hydrogen (secondary N) is 1. The van der Waals surface area contributed by atoms with Gasteiger partial charge < -0.3 is 19.8 Å². The Hall–Kier alpha value is -3.10. The number of hydrogen-bond donors (Lipinski definition) is 3. The number of hydrogen-bond acceptors (Lipinski definition) is 5. The number of quaternary nitrogens is 1. The van der Waals surface area contributed by atoms with E-state index >= 15 is 0 Å². The average Bonchev–Trinajstić information content (AvgIpc) is 3.71. The first-order valence-corrected chi connectivity index (χ1v) is 37.9. The Kier molecular flexibility index (Phi) is 64.9. The van der Waals surface area contributed by atoms with E-state index in [9.17, 15) is 19.4 Å². The van der Waals surface area contributed by atoms with Gasteiger partial charge in [-0.05, 0) is 89.9 Å². The zero-order chi connectivity index (χ0) is 63.4. The molecule has 0 aliphatic carbocycles. The van der Waals surface area contributed by atoms with Crippen LogP contribution in [-0.4, -0.2) is 73.4 Å². The maximum Gasteiger partial charge on any atom is 0.472 e. The molecule has 0 rings (SSSR count). The van der Waals surface area contributed by atoms with Crippen LogP contribution in [-0.2, 0) is 18.4 Å². The van der Waals surface area contributed by atoms with Gasteiger partial charge in [0.1, 0.15) is 13.2 Å². The molecule has 3 atom stereocenters. The monoisotopic (exact) mass is 1230 g/mol. The summed E-state index contributed by atoms with van der Waals surface area (Å²) in [7, 11) is 1.57. The van der Waals surface area contributed by atoms with Gasteiger partial charge in [0.25, 0.3) is 0 Å². The third-order valence-electron chi connectivity index (χ3n) is 15.9. The molecular weight excluding hydrogens is 1090 g/mol. The summed E-state index contributed by atoms with van der Waals surface area (Å²) in [6.45, 7) is 4.73. The molecule has 0 aromatic carbocycles. The van der Waals surface area contributed by atoms with Gasteiger partial charge in [0.2, 0.25) is 5.91 Å². The number of phosphoric acid groups is 1. The lowest BCUT2D eigenvalue weighted by molar-refractivity contribution is -0.870. The Morgan fingerprint density at radius 3 is 1.01 bits per heavy atom. The quantitative estimate of drug-likeness (QED) is 0.0243. The van der Waals surface area contributed by atoms with Crippen LogP contribution < -0.4 is 5.32 Å². The number of carbonyl (C=O) groups is 1. The highest BCUT2D eigenvalue weighted by molar-refractivity contribution is 7.47. The van der Waals surface area contributed by atoms with Crippen molar-refractivity contribution in [3.63, 3.8) is 0 Å². The highest BCUT2D eigenvalue weighted by atomic mass is 31.2. The molecule has 502 valence electrons. The number of amides is 1. The summed E-state index contributed by atoms with van der Waals surface area (Å²) in [5.74, 6) is -0.179. The molecule has 8 nitrogen and oxygen atoms in total. The second-order valence-electron chi connectivity index (χ2n) is 25.6. The molecule has 87 heavy (non-hydrogen) atoms. The lowest BCUT2D eigenvalue weighted by Gasteiger charge is -2.25. The van der Waals surface area contributed by atoms with Gasteiger partial charge in [0, 0.05) is 6.42 Å². The molecule has 0 spiro atoms. The number of likely N-dealkylation sites (N-methyl/N-ethyl adjacent to an activating group) is 1. The fraction of sp³-hybridized carbons (Fsp3) is 0.731. The molecule has 0 radical (unpaired) electrons. The van der Waals surface area contributed by atoms with E-state index in [1.807, 2.05) is 27.2 Å². The summed E-state index contributed by atoms with van der Waals surface area (Å²) in [5.41, 5.74) is 0. The maximum atomic E-state index is 13.1. The van der Waals surface area contributed by atoms with Crippen LogP contribution in [0.5, 0.6) is 0 Å². The van der Waals surface area contributed by atoms with Gasteiger partial charge in [-0.1, -0.05) is 341 Å². The fourth-order valence-electron chi connectivity index (χ4n) is 10.3. The van der Waals surface area contributed by atoms with Gasteiger partial charge in [0.05, 0.1) is 39.9 Å². The average molecular weight is 1230 g/mol. The van der Waals surface area contributed by atoms with Gasteiger partial charge in [-0.3, -0.25) is 13.8 Å². The van der Waals surface area contributed by atoms with Crippen LogP contribution >= 0.6 is 7.82 Å². The molecule has 0 saturated heterocycles. The normalized spacial score (nSPS) is 14.3.